The summed E-state index contributed by atoms with van der Waals surface area (Å²) in [5.41, 5.74) is 3.06. The van der Waals surface area contributed by atoms with Gasteiger partial charge >= 0.3 is 0 Å². The van der Waals surface area contributed by atoms with Gasteiger partial charge in [0.15, 0.2) is 5.67 Å². The van der Waals surface area contributed by atoms with Crippen molar-refractivity contribution in [2.45, 2.75) is 58.2 Å². The molecule has 3 atom stereocenters. The van der Waals surface area contributed by atoms with Crippen molar-refractivity contribution in [1.29, 1.82) is 0 Å². The third-order valence-electron chi connectivity index (χ3n) is 5.49. The van der Waals surface area contributed by atoms with E-state index in [0.29, 0.717) is 12.2 Å². The van der Waals surface area contributed by atoms with Crippen molar-refractivity contribution in [1.82, 2.24) is 4.98 Å². The van der Waals surface area contributed by atoms with Crippen LogP contribution in [0.25, 0.3) is 22.4 Å². The number of aryl methyl sites for hydroxylation is 1. The number of benzene rings is 2. The lowest BCUT2D eigenvalue weighted by Gasteiger charge is -2.25. The standard InChI is InChI=1S/C26H29F2NO2/c1-4-26(3,28)25(30)31-23-14-11-20(12-15-23)22-13-16-24(29-17-22)21-9-7-19(8-10-21)6-5-18(2)27/h7-18,25,30H,4-6H2,1-3H3/t18-,25-,26?/m0/s1. The Balaban J connectivity index is 1.66. The molecule has 0 saturated heterocycles. The first-order chi connectivity index (χ1) is 14.8. The molecule has 0 saturated carbocycles. The minimum absolute atomic E-state index is 0.157. The van der Waals surface area contributed by atoms with Crippen molar-refractivity contribution in [3.63, 3.8) is 0 Å². The Morgan fingerprint density at radius 2 is 1.58 bits per heavy atom. The zero-order valence-corrected chi connectivity index (χ0v) is 18.2. The smallest absolute Gasteiger partial charge is 0.231 e. The number of hydrogen-bond donors (Lipinski definition) is 1. The third kappa shape index (κ3) is 6.11. The summed E-state index contributed by atoms with van der Waals surface area (Å²) in [5, 5.41) is 9.90. The van der Waals surface area contributed by atoms with Gasteiger partial charge < -0.3 is 9.84 Å². The Morgan fingerprint density at radius 1 is 0.968 bits per heavy atom. The molecule has 0 bridgehead atoms. The Hall–Kier alpha value is -2.79. The van der Waals surface area contributed by atoms with Crippen molar-refractivity contribution >= 4 is 0 Å². The molecule has 31 heavy (non-hydrogen) atoms. The molecule has 0 fully saturated rings. The minimum Gasteiger partial charge on any atom is -0.462 e. The molecule has 0 amide bonds. The fourth-order valence-electron chi connectivity index (χ4n) is 3.10. The summed E-state index contributed by atoms with van der Waals surface area (Å²) >= 11 is 0. The largest absolute Gasteiger partial charge is 0.462 e. The molecule has 1 N–H and O–H groups in total. The summed E-state index contributed by atoms with van der Waals surface area (Å²) in [7, 11) is 0. The summed E-state index contributed by atoms with van der Waals surface area (Å²) in [6.07, 6.45) is 0.902. The van der Waals surface area contributed by atoms with E-state index in [9.17, 15) is 13.9 Å². The summed E-state index contributed by atoms with van der Waals surface area (Å²) in [5.74, 6) is 0.403. The molecule has 5 heteroatoms. The van der Waals surface area contributed by atoms with Crippen LogP contribution in [0.15, 0.2) is 66.9 Å². The molecule has 1 unspecified atom stereocenters. The van der Waals surface area contributed by atoms with Gasteiger partial charge in [-0.25, -0.2) is 8.78 Å². The predicted molar refractivity (Wildman–Crippen MR) is 120 cm³/mol. The molecule has 0 aliphatic heterocycles. The van der Waals surface area contributed by atoms with E-state index in [1.807, 2.05) is 48.5 Å². The second-order valence-corrected chi connectivity index (χ2v) is 8.07. The molecule has 3 nitrogen and oxygen atoms in total. The normalized spacial score (nSPS) is 15.2. The number of nitrogens with zero attached hydrogens (tertiary/aromatic N) is 1. The number of aliphatic hydroxyl groups is 1. The number of alkyl halides is 2. The van der Waals surface area contributed by atoms with Gasteiger partial charge in [-0.3, -0.25) is 4.98 Å². The van der Waals surface area contributed by atoms with Gasteiger partial charge in [-0.1, -0.05) is 49.4 Å². The van der Waals surface area contributed by atoms with Crippen LogP contribution < -0.4 is 4.74 Å². The van der Waals surface area contributed by atoms with Gasteiger partial charge in [-0.15, -0.1) is 0 Å². The highest BCUT2D eigenvalue weighted by atomic mass is 19.1. The summed E-state index contributed by atoms with van der Waals surface area (Å²) in [4.78, 5) is 4.56. The van der Waals surface area contributed by atoms with E-state index in [0.717, 1.165) is 34.4 Å². The van der Waals surface area contributed by atoms with E-state index < -0.39 is 18.1 Å². The van der Waals surface area contributed by atoms with Gasteiger partial charge in [0.1, 0.15) is 5.75 Å². The van der Waals surface area contributed by atoms with Crippen LogP contribution in [0.2, 0.25) is 0 Å². The first-order valence-electron chi connectivity index (χ1n) is 10.6. The van der Waals surface area contributed by atoms with Gasteiger partial charge in [0, 0.05) is 17.3 Å². The number of pyridine rings is 1. The molecule has 1 aromatic heterocycles. The number of aliphatic hydroxyl groups excluding tert-OH is 1. The van der Waals surface area contributed by atoms with Crippen molar-refractivity contribution < 1.29 is 18.6 Å². The third-order valence-corrected chi connectivity index (χ3v) is 5.49. The van der Waals surface area contributed by atoms with Gasteiger partial charge in [0.25, 0.3) is 0 Å². The maximum atomic E-state index is 14.1. The zero-order chi connectivity index (χ0) is 22.4. The molecule has 2 aromatic carbocycles. The lowest BCUT2D eigenvalue weighted by atomic mass is 10.0. The number of halogens is 2. The minimum atomic E-state index is -1.80. The predicted octanol–water partition coefficient (Wildman–Crippen LogP) is 6.54. The second kappa shape index (κ2) is 10.0. The van der Waals surface area contributed by atoms with Crippen LogP contribution in [0.3, 0.4) is 0 Å². The average molecular weight is 426 g/mol. The molecule has 0 radical (unpaired) electrons. The van der Waals surface area contributed by atoms with Crippen molar-refractivity contribution in [2.75, 3.05) is 0 Å². The Labute approximate surface area is 182 Å². The molecule has 3 aromatic rings. The van der Waals surface area contributed by atoms with Gasteiger partial charge in [-0.2, -0.15) is 0 Å². The monoisotopic (exact) mass is 425 g/mol. The van der Waals surface area contributed by atoms with Crippen LogP contribution in [0, 0.1) is 0 Å². The fraction of sp³-hybridized carbons (Fsp3) is 0.346. The zero-order valence-electron chi connectivity index (χ0n) is 18.2. The first kappa shape index (κ1) is 22.9. The Kier molecular flexibility index (Phi) is 7.39. The van der Waals surface area contributed by atoms with E-state index in [-0.39, 0.29) is 6.42 Å². The molecular weight excluding hydrogens is 396 g/mol. The maximum Gasteiger partial charge on any atom is 0.231 e. The van der Waals surface area contributed by atoms with Crippen molar-refractivity contribution in [3.05, 3.63) is 72.4 Å². The number of hydrogen-bond acceptors (Lipinski definition) is 3. The molecule has 1 heterocycles. The summed E-state index contributed by atoms with van der Waals surface area (Å²) in [6.45, 7) is 4.56. The molecule has 3 rings (SSSR count). The van der Waals surface area contributed by atoms with E-state index in [2.05, 4.69) is 4.98 Å². The lowest BCUT2D eigenvalue weighted by molar-refractivity contribution is -0.122. The molecule has 0 aliphatic carbocycles. The van der Waals surface area contributed by atoms with Crippen LogP contribution in [0.5, 0.6) is 5.75 Å². The van der Waals surface area contributed by atoms with Crippen molar-refractivity contribution in [3.8, 4) is 28.1 Å². The highest BCUT2D eigenvalue weighted by molar-refractivity contribution is 5.67. The highest BCUT2D eigenvalue weighted by Gasteiger charge is 2.32. The Morgan fingerprint density at radius 3 is 2.13 bits per heavy atom. The number of rotatable bonds is 9. The average Bonchev–Trinajstić information content (AvgIpc) is 2.78. The van der Waals surface area contributed by atoms with Gasteiger partial charge in [0.2, 0.25) is 6.29 Å². The molecule has 164 valence electrons. The SMILES string of the molecule is CCC(C)(F)[C@@H](O)Oc1ccc(-c2ccc(-c3ccc(CC[C@H](C)F)cc3)nc2)cc1. The molecular formula is C26H29F2NO2. The number of aromatic nitrogens is 1. The van der Waals surface area contributed by atoms with Crippen molar-refractivity contribution in [2.24, 2.45) is 0 Å². The van der Waals surface area contributed by atoms with Crippen LogP contribution in [-0.2, 0) is 6.42 Å². The molecule has 0 aliphatic rings. The lowest BCUT2D eigenvalue weighted by Crippen LogP contribution is -2.38. The van der Waals surface area contributed by atoms with Gasteiger partial charge in [0.05, 0.1) is 11.9 Å². The van der Waals surface area contributed by atoms with Crippen LogP contribution in [0.1, 0.15) is 39.2 Å². The summed E-state index contributed by atoms with van der Waals surface area (Å²) in [6, 6.07) is 19.1. The second-order valence-electron chi connectivity index (χ2n) is 8.07. The quantitative estimate of drug-likeness (QED) is 0.396. The van der Waals surface area contributed by atoms with E-state index in [1.165, 1.54) is 6.92 Å². The van der Waals surface area contributed by atoms with E-state index >= 15 is 0 Å². The number of ether oxygens (including phenoxy) is 1. The summed E-state index contributed by atoms with van der Waals surface area (Å²) < 4.78 is 32.4. The van der Waals surface area contributed by atoms with Crippen LogP contribution in [0.4, 0.5) is 8.78 Å². The van der Waals surface area contributed by atoms with Crippen LogP contribution >= 0.6 is 0 Å². The van der Waals surface area contributed by atoms with E-state index in [1.54, 1.807) is 32.2 Å². The Bertz CT molecular complexity index is 952. The van der Waals surface area contributed by atoms with Gasteiger partial charge in [-0.05, 0) is 62.4 Å². The van der Waals surface area contributed by atoms with Crippen LogP contribution in [-0.4, -0.2) is 28.2 Å². The maximum absolute atomic E-state index is 14.1. The highest BCUT2D eigenvalue weighted by Crippen LogP contribution is 2.27. The molecule has 0 spiro atoms. The van der Waals surface area contributed by atoms with E-state index in [4.69, 9.17) is 4.74 Å². The fourth-order valence-corrected chi connectivity index (χ4v) is 3.10. The topological polar surface area (TPSA) is 42.4 Å². The first-order valence-corrected chi connectivity index (χ1v) is 10.6.